The third-order valence-corrected chi connectivity index (χ3v) is 10.9. The molecule has 4 atom stereocenters. The zero-order valence-corrected chi connectivity index (χ0v) is 30.9. The Morgan fingerprint density at radius 2 is 0.923 bits per heavy atom. The van der Waals surface area contributed by atoms with Gasteiger partial charge in [0.1, 0.15) is 35.1 Å². The molecule has 0 saturated carbocycles. The van der Waals surface area contributed by atoms with Gasteiger partial charge in [-0.3, -0.25) is 43.4 Å². The van der Waals surface area contributed by atoms with Gasteiger partial charge in [0.2, 0.25) is 0 Å². The fourth-order valence-electron chi connectivity index (χ4n) is 6.49. The van der Waals surface area contributed by atoms with Crippen LogP contribution in [0.5, 0.6) is 0 Å². The zero-order valence-electron chi connectivity index (χ0n) is 29.3. The average molecular weight is 749 g/mol. The molecule has 2 aliphatic heterocycles. The third-order valence-electron chi connectivity index (χ3n) is 8.92. The largest absolute Gasteiger partial charge is 0.444 e. The molecule has 0 aromatic heterocycles. The molecule has 2 saturated heterocycles. The molecule has 52 heavy (non-hydrogen) atoms. The first kappa shape index (κ1) is 37.1. The topological polar surface area (TPSA) is 179 Å². The van der Waals surface area contributed by atoms with Gasteiger partial charge in [0.25, 0.3) is 0 Å². The van der Waals surface area contributed by atoms with Crippen LogP contribution in [-0.4, -0.2) is 109 Å². The summed E-state index contributed by atoms with van der Waals surface area (Å²) in [6, 6.07) is 5.56. The standard InChI is InChI=1S/C37H36N2O11S2/c1-36(2,3)49-34(47)38-15-51-13-23(38)32(45)25-28(41)19-9-7-17(11-21(19)30(25)43)27(40)18-8-10-20-22(12-18)31(44)26(29(20)42)33(46)24-14-52-16-39(24)35(48)50-37(4,5)6/h7-12,23-26H,13-16H2,1-6H3/t23-,24-,25?,26?/m0/s1. The lowest BCUT2D eigenvalue weighted by Gasteiger charge is -2.28. The second-order valence-electron chi connectivity index (χ2n) is 14.9. The number of hydrogen-bond acceptors (Lipinski definition) is 13. The van der Waals surface area contributed by atoms with Crippen molar-refractivity contribution in [3.8, 4) is 0 Å². The summed E-state index contributed by atoms with van der Waals surface area (Å²) >= 11 is 2.59. The van der Waals surface area contributed by atoms with Crippen molar-refractivity contribution in [2.45, 2.75) is 64.8 Å². The smallest absolute Gasteiger partial charge is 0.411 e. The number of fused-ring (bicyclic) bond motifs is 2. The lowest BCUT2D eigenvalue weighted by atomic mass is 9.93. The van der Waals surface area contributed by atoms with Crippen LogP contribution in [0, 0.1) is 11.8 Å². The summed E-state index contributed by atoms with van der Waals surface area (Å²) in [5, 5.41) is 0. The maximum Gasteiger partial charge on any atom is 0.411 e. The first-order valence-electron chi connectivity index (χ1n) is 16.5. The van der Waals surface area contributed by atoms with Crippen molar-refractivity contribution in [3.63, 3.8) is 0 Å². The van der Waals surface area contributed by atoms with Crippen LogP contribution in [0.3, 0.4) is 0 Å². The van der Waals surface area contributed by atoms with E-state index in [1.54, 1.807) is 41.5 Å². The predicted octanol–water partition coefficient (Wildman–Crippen LogP) is 4.67. The normalized spacial score (nSPS) is 22.8. The summed E-state index contributed by atoms with van der Waals surface area (Å²) in [5.74, 6) is -7.83. The Kier molecular flexibility index (Phi) is 9.58. The van der Waals surface area contributed by atoms with E-state index in [0.717, 1.165) is 0 Å². The summed E-state index contributed by atoms with van der Waals surface area (Å²) in [5.41, 5.74) is -1.98. The van der Waals surface area contributed by atoms with Crippen molar-refractivity contribution < 1.29 is 52.6 Å². The van der Waals surface area contributed by atoms with Gasteiger partial charge in [-0.2, -0.15) is 0 Å². The van der Waals surface area contributed by atoms with E-state index in [1.807, 2.05) is 0 Å². The molecule has 2 amide bonds. The lowest BCUT2D eigenvalue weighted by molar-refractivity contribution is -0.125. The number of Topliss-reactive ketones (excluding diaryl/α,β-unsaturated/α-hetero) is 6. The van der Waals surface area contributed by atoms with E-state index in [-0.39, 0.29) is 56.6 Å². The van der Waals surface area contributed by atoms with Gasteiger partial charge in [-0.05, 0) is 65.8 Å². The summed E-state index contributed by atoms with van der Waals surface area (Å²) in [7, 11) is 0. The van der Waals surface area contributed by atoms with Crippen molar-refractivity contribution in [2.75, 3.05) is 23.3 Å². The van der Waals surface area contributed by atoms with Gasteiger partial charge in [0.15, 0.2) is 40.5 Å². The van der Waals surface area contributed by atoms with E-state index >= 15 is 0 Å². The molecular weight excluding hydrogens is 713 g/mol. The Bertz CT molecular complexity index is 1850. The second kappa shape index (κ2) is 13.4. The molecule has 6 rings (SSSR count). The van der Waals surface area contributed by atoms with E-state index in [0.29, 0.717) is 0 Å². The molecule has 2 heterocycles. The molecule has 272 valence electrons. The first-order valence-corrected chi connectivity index (χ1v) is 18.8. The van der Waals surface area contributed by atoms with Gasteiger partial charge in [-0.25, -0.2) is 9.59 Å². The number of ketones is 7. The molecule has 2 aromatic rings. The quantitative estimate of drug-likeness (QED) is 0.294. The summed E-state index contributed by atoms with van der Waals surface area (Å²) in [4.78, 5) is 123. The number of amides is 2. The van der Waals surface area contributed by atoms with E-state index in [2.05, 4.69) is 0 Å². The second-order valence-corrected chi connectivity index (χ2v) is 16.9. The van der Waals surface area contributed by atoms with Crippen LogP contribution in [0.15, 0.2) is 36.4 Å². The number of nitrogens with zero attached hydrogens (tertiary/aromatic N) is 2. The van der Waals surface area contributed by atoms with Gasteiger partial charge in [-0.15, -0.1) is 23.5 Å². The van der Waals surface area contributed by atoms with Gasteiger partial charge >= 0.3 is 12.2 Å². The van der Waals surface area contributed by atoms with Crippen molar-refractivity contribution in [2.24, 2.45) is 11.8 Å². The molecule has 2 aliphatic carbocycles. The third kappa shape index (κ3) is 6.71. The number of carbonyl (C=O) groups is 9. The molecule has 2 aromatic carbocycles. The Morgan fingerprint density at radius 1 is 0.577 bits per heavy atom. The van der Waals surface area contributed by atoms with E-state index in [1.165, 1.54) is 69.7 Å². The maximum atomic E-state index is 13.7. The van der Waals surface area contributed by atoms with Gasteiger partial charge in [-0.1, -0.05) is 12.1 Å². The Balaban J connectivity index is 1.20. The van der Waals surface area contributed by atoms with Gasteiger partial charge in [0, 0.05) is 44.9 Å². The maximum absolute atomic E-state index is 13.7. The summed E-state index contributed by atoms with van der Waals surface area (Å²) < 4.78 is 10.8. The highest BCUT2D eigenvalue weighted by Crippen LogP contribution is 2.36. The molecule has 13 nitrogen and oxygen atoms in total. The molecule has 0 N–H and O–H groups in total. The number of ether oxygens (including phenoxy) is 2. The Hall–Kier alpha value is -4.63. The minimum absolute atomic E-state index is 0.0138. The molecule has 0 spiro atoms. The predicted molar refractivity (Wildman–Crippen MR) is 189 cm³/mol. The number of rotatable bonds is 6. The molecular formula is C37H36N2O11S2. The van der Waals surface area contributed by atoms with Crippen LogP contribution < -0.4 is 0 Å². The van der Waals surface area contributed by atoms with Gasteiger partial charge < -0.3 is 9.47 Å². The van der Waals surface area contributed by atoms with Crippen LogP contribution in [0.4, 0.5) is 9.59 Å². The SMILES string of the molecule is CC(C)(C)OC(=O)N1CSC[C@H]1C(=O)C1C(=O)c2ccc(C(=O)c3ccc4c(c3)C(=O)C(C(=O)[C@@H]3CSCN3C(=O)OC(C)(C)C)C4=O)cc2C1=O. The minimum Gasteiger partial charge on any atom is -0.444 e. The number of thioether (sulfide) groups is 2. The molecule has 2 fully saturated rings. The van der Waals surface area contributed by atoms with Crippen molar-refractivity contribution >= 4 is 76.2 Å². The van der Waals surface area contributed by atoms with Crippen molar-refractivity contribution in [1.29, 1.82) is 0 Å². The Morgan fingerprint density at radius 3 is 1.27 bits per heavy atom. The van der Waals surface area contributed by atoms with Gasteiger partial charge in [0.05, 0.1) is 11.8 Å². The number of benzene rings is 2. The summed E-state index contributed by atoms with van der Waals surface area (Å²) in [6.07, 6.45) is -1.46. The fourth-order valence-corrected chi connectivity index (χ4v) is 8.80. The summed E-state index contributed by atoms with van der Waals surface area (Å²) in [6.45, 7) is 10.1. The van der Waals surface area contributed by atoms with Crippen molar-refractivity contribution in [3.05, 3.63) is 69.8 Å². The number of carbonyl (C=O) groups excluding carboxylic acids is 9. The molecule has 0 radical (unpaired) electrons. The van der Waals surface area contributed by atoms with Crippen LogP contribution in [0.25, 0.3) is 0 Å². The Labute approximate surface area is 307 Å². The fraction of sp³-hybridized carbons (Fsp3) is 0.432. The average Bonchev–Trinajstić information content (AvgIpc) is 3.84. The molecule has 4 aliphatic rings. The monoisotopic (exact) mass is 748 g/mol. The lowest BCUT2D eigenvalue weighted by Crippen LogP contribution is -2.48. The highest BCUT2D eigenvalue weighted by molar-refractivity contribution is 7.99. The van der Waals surface area contributed by atoms with E-state index in [9.17, 15) is 43.2 Å². The first-order chi connectivity index (χ1) is 24.3. The van der Waals surface area contributed by atoms with Crippen LogP contribution in [-0.2, 0) is 19.1 Å². The molecule has 2 unspecified atom stereocenters. The van der Waals surface area contributed by atoms with E-state index in [4.69, 9.17) is 9.47 Å². The van der Waals surface area contributed by atoms with Crippen LogP contribution in [0.2, 0.25) is 0 Å². The molecule has 0 bridgehead atoms. The zero-order chi connectivity index (χ0) is 38.0. The number of hydrogen-bond donors (Lipinski definition) is 0. The highest BCUT2D eigenvalue weighted by Gasteiger charge is 2.51. The molecule has 15 heteroatoms. The highest BCUT2D eigenvalue weighted by atomic mass is 32.2. The van der Waals surface area contributed by atoms with Crippen LogP contribution in [0.1, 0.15) is 98.9 Å². The minimum atomic E-state index is -1.68. The van der Waals surface area contributed by atoms with Crippen LogP contribution >= 0.6 is 23.5 Å². The van der Waals surface area contributed by atoms with E-state index < -0.39 is 87.8 Å². The van der Waals surface area contributed by atoms with Crippen molar-refractivity contribution in [1.82, 2.24) is 9.80 Å².